The van der Waals surface area contributed by atoms with E-state index in [2.05, 4.69) is 32.7 Å². The van der Waals surface area contributed by atoms with E-state index in [-0.39, 0.29) is 23.8 Å². The average Bonchev–Trinajstić information content (AvgIpc) is 2.41. The van der Waals surface area contributed by atoms with Crippen LogP contribution in [0, 0.1) is 0 Å². The van der Waals surface area contributed by atoms with Gasteiger partial charge in [0, 0.05) is 19.2 Å². The number of rotatable bonds is 5. The largest absolute Gasteiger partial charge is 0.351 e. The van der Waals surface area contributed by atoms with Crippen LogP contribution in [0.15, 0.2) is 36.9 Å². The third kappa shape index (κ3) is 4.74. The van der Waals surface area contributed by atoms with Gasteiger partial charge in [0.15, 0.2) is 0 Å². The van der Waals surface area contributed by atoms with E-state index in [1.54, 1.807) is 6.08 Å². The Morgan fingerprint density at radius 1 is 1.29 bits per heavy atom. The minimum absolute atomic E-state index is 0.0102. The lowest BCUT2D eigenvalue weighted by Crippen LogP contribution is -2.40. The van der Waals surface area contributed by atoms with Crippen molar-refractivity contribution in [3.8, 4) is 0 Å². The highest BCUT2D eigenvalue weighted by atomic mass is 16.2. The first-order valence-corrected chi connectivity index (χ1v) is 7.02. The smallest absolute Gasteiger partial charge is 0.240 e. The maximum atomic E-state index is 12.0. The quantitative estimate of drug-likeness (QED) is 0.847. The van der Waals surface area contributed by atoms with E-state index in [0.29, 0.717) is 6.54 Å². The molecule has 1 N–H and O–H groups in total. The number of hydrogen-bond donors (Lipinski definition) is 1. The zero-order valence-corrected chi connectivity index (χ0v) is 13.3. The maximum Gasteiger partial charge on any atom is 0.240 e. The molecule has 0 aliphatic rings. The molecule has 0 aliphatic heterocycles. The fraction of sp³-hybridized carbons (Fsp3) is 0.412. The molecule has 0 saturated carbocycles. The molecule has 1 rings (SSSR count). The van der Waals surface area contributed by atoms with Crippen LogP contribution in [0.2, 0.25) is 0 Å². The molecule has 0 spiro atoms. The topological polar surface area (TPSA) is 49.4 Å². The molecule has 4 nitrogen and oxygen atoms in total. The molecule has 2 amide bonds. The second-order valence-electron chi connectivity index (χ2n) is 5.97. The summed E-state index contributed by atoms with van der Waals surface area (Å²) >= 11 is 0. The molecule has 0 bridgehead atoms. The zero-order chi connectivity index (χ0) is 16.0. The summed E-state index contributed by atoms with van der Waals surface area (Å²) in [4.78, 5) is 25.4. The lowest BCUT2D eigenvalue weighted by Gasteiger charge is -2.29. The molecule has 114 valence electrons. The summed E-state index contributed by atoms with van der Waals surface area (Å²) in [6, 6.07) is 7.69. The standard InChI is InChI=1S/C17H24N2O2/c1-6-11-18-16(21)12-19(13(2)20)15-10-8-7-9-14(15)17(3,4)5/h6-10H,1,11-12H2,2-5H3,(H,18,21). The summed E-state index contributed by atoms with van der Waals surface area (Å²) in [5.74, 6) is -0.353. The molecular formula is C17H24N2O2. The summed E-state index contributed by atoms with van der Waals surface area (Å²) in [6.45, 7) is 11.7. The fourth-order valence-electron chi connectivity index (χ4n) is 2.09. The highest BCUT2D eigenvalue weighted by molar-refractivity contribution is 5.98. The van der Waals surface area contributed by atoms with E-state index in [4.69, 9.17) is 0 Å². The van der Waals surface area contributed by atoms with E-state index in [1.807, 2.05) is 24.3 Å². The predicted octanol–water partition coefficient (Wildman–Crippen LogP) is 2.64. The van der Waals surface area contributed by atoms with Crippen LogP contribution in [0.3, 0.4) is 0 Å². The SMILES string of the molecule is C=CCNC(=O)CN(C(C)=O)c1ccccc1C(C)(C)C. The number of nitrogens with zero attached hydrogens (tertiary/aromatic N) is 1. The van der Waals surface area contributed by atoms with Crippen molar-refractivity contribution in [2.45, 2.75) is 33.1 Å². The Bertz CT molecular complexity index is 530. The van der Waals surface area contributed by atoms with Crippen LogP contribution in [-0.2, 0) is 15.0 Å². The normalized spacial score (nSPS) is 10.9. The molecule has 1 aromatic carbocycles. The van der Waals surface area contributed by atoms with Crippen molar-refractivity contribution in [2.24, 2.45) is 0 Å². The van der Waals surface area contributed by atoms with Gasteiger partial charge >= 0.3 is 0 Å². The lowest BCUT2D eigenvalue weighted by atomic mass is 9.85. The van der Waals surface area contributed by atoms with Crippen molar-refractivity contribution < 1.29 is 9.59 Å². The van der Waals surface area contributed by atoms with Crippen molar-refractivity contribution in [3.63, 3.8) is 0 Å². The highest BCUT2D eigenvalue weighted by Gasteiger charge is 2.24. The summed E-state index contributed by atoms with van der Waals surface area (Å²) in [5.41, 5.74) is 1.71. The molecule has 21 heavy (non-hydrogen) atoms. The summed E-state index contributed by atoms with van der Waals surface area (Å²) < 4.78 is 0. The fourth-order valence-corrected chi connectivity index (χ4v) is 2.09. The minimum atomic E-state index is -0.200. The Balaban J connectivity index is 3.10. The molecule has 0 saturated heterocycles. The third-order valence-corrected chi connectivity index (χ3v) is 3.13. The molecule has 0 aliphatic carbocycles. The number of amides is 2. The Morgan fingerprint density at radius 3 is 2.43 bits per heavy atom. The second kappa shape index (κ2) is 7.07. The number of anilines is 1. The van der Waals surface area contributed by atoms with E-state index >= 15 is 0 Å². The monoisotopic (exact) mass is 288 g/mol. The van der Waals surface area contributed by atoms with Crippen LogP contribution in [0.25, 0.3) is 0 Å². The summed E-state index contributed by atoms with van der Waals surface area (Å²) in [7, 11) is 0. The molecule has 0 atom stereocenters. The van der Waals surface area contributed by atoms with Gasteiger partial charge in [-0.25, -0.2) is 0 Å². The van der Waals surface area contributed by atoms with E-state index in [9.17, 15) is 9.59 Å². The number of hydrogen-bond acceptors (Lipinski definition) is 2. The van der Waals surface area contributed by atoms with Gasteiger partial charge in [-0.2, -0.15) is 0 Å². The van der Waals surface area contributed by atoms with Crippen LogP contribution in [0.5, 0.6) is 0 Å². The van der Waals surface area contributed by atoms with Crippen LogP contribution in [-0.4, -0.2) is 24.9 Å². The Labute approximate surface area is 126 Å². The number of para-hydroxylation sites is 1. The van der Waals surface area contributed by atoms with Crippen molar-refractivity contribution in [1.29, 1.82) is 0 Å². The molecule has 0 heterocycles. The molecule has 0 unspecified atom stereocenters. The van der Waals surface area contributed by atoms with Gasteiger partial charge in [-0.3, -0.25) is 9.59 Å². The van der Waals surface area contributed by atoms with Crippen LogP contribution in [0.4, 0.5) is 5.69 Å². The number of benzene rings is 1. The van der Waals surface area contributed by atoms with E-state index in [0.717, 1.165) is 11.3 Å². The highest BCUT2D eigenvalue weighted by Crippen LogP contribution is 2.31. The van der Waals surface area contributed by atoms with Gasteiger partial charge in [0.25, 0.3) is 0 Å². The lowest BCUT2D eigenvalue weighted by molar-refractivity contribution is -0.122. The third-order valence-electron chi connectivity index (χ3n) is 3.13. The number of nitrogens with one attached hydrogen (secondary N) is 1. The van der Waals surface area contributed by atoms with Crippen molar-refractivity contribution in [3.05, 3.63) is 42.5 Å². The van der Waals surface area contributed by atoms with Gasteiger partial charge < -0.3 is 10.2 Å². The van der Waals surface area contributed by atoms with Crippen LogP contribution in [0.1, 0.15) is 33.3 Å². The minimum Gasteiger partial charge on any atom is -0.351 e. The van der Waals surface area contributed by atoms with Crippen molar-refractivity contribution >= 4 is 17.5 Å². The van der Waals surface area contributed by atoms with Gasteiger partial charge in [0.2, 0.25) is 11.8 Å². The molecular weight excluding hydrogens is 264 g/mol. The first kappa shape index (κ1) is 17.0. The molecule has 4 heteroatoms. The Morgan fingerprint density at radius 2 is 1.90 bits per heavy atom. The van der Waals surface area contributed by atoms with Crippen molar-refractivity contribution in [2.75, 3.05) is 18.0 Å². The van der Waals surface area contributed by atoms with Gasteiger partial charge in [-0.15, -0.1) is 6.58 Å². The van der Waals surface area contributed by atoms with Gasteiger partial charge in [-0.1, -0.05) is 45.0 Å². The van der Waals surface area contributed by atoms with Gasteiger partial charge in [0.05, 0.1) is 0 Å². The van der Waals surface area contributed by atoms with E-state index in [1.165, 1.54) is 11.8 Å². The van der Waals surface area contributed by atoms with Crippen LogP contribution < -0.4 is 10.2 Å². The predicted molar refractivity (Wildman–Crippen MR) is 86.4 cm³/mol. The summed E-state index contributed by atoms with van der Waals surface area (Å²) in [5, 5.41) is 2.69. The average molecular weight is 288 g/mol. The molecule has 1 aromatic rings. The van der Waals surface area contributed by atoms with Crippen molar-refractivity contribution in [1.82, 2.24) is 5.32 Å². The first-order valence-electron chi connectivity index (χ1n) is 7.02. The van der Waals surface area contributed by atoms with E-state index < -0.39 is 0 Å². The zero-order valence-electron chi connectivity index (χ0n) is 13.3. The Hall–Kier alpha value is -2.10. The molecule has 0 fully saturated rings. The first-order chi connectivity index (χ1) is 9.77. The summed E-state index contributed by atoms with van der Waals surface area (Å²) in [6.07, 6.45) is 1.61. The number of carbonyl (C=O) groups is 2. The van der Waals surface area contributed by atoms with Gasteiger partial charge in [-0.05, 0) is 17.0 Å². The second-order valence-corrected chi connectivity index (χ2v) is 5.97. The maximum absolute atomic E-state index is 12.0. The van der Waals surface area contributed by atoms with Crippen LogP contribution >= 0.6 is 0 Å². The molecule has 0 radical (unpaired) electrons. The van der Waals surface area contributed by atoms with Gasteiger partial charge in [0.1, 0.15) is 6.54 Å². The molecule has 0 aromatic heterocycles. The Kier molecular flexibility index (Phi) is 5.70. The number of carbonyl (C=O) groups excluding carboxylic acids is 2.